The number of furan rings is 1. The molecule has 0 bridgehead atoms. The Balaban J connectivity index is 1.42. The summed E-state index contributed by atoms with van der Waals surface area (Å²) >= 11 is 0. The highest BCUT2D eigenvalue weighted by atomic mass is 16.5. The third-order valence-corrected chi connectivity index (χ3v) is 5.85. The minimum atomic E-state index is -0.770. The van der Waals surface area contributed by atoms with Crippen LogP contribution in [0.15, 0.2) is 65.1 Å². The van der Waals surface area contributed by atoms with Gasteiger partial charge in [0.25, 0.3) is 0 Å². The van der Waals surface area contributed by atoms with Crippen LogP contribution in [0.4, 0.5) is 11.4 Å². The summed E-state index contributed by atoms with van der Waals surface area (Å²) in [6.07, 6.45) is 0.419. The van der Waals surface area contributed by atoms with Crippen LogP contribution in [0.3, 0.4) is 0 Å². The van der Waals surface area contributed by atoms with Gasteiger partial charge in [-0.1, -0.05) is 18.2 Å². The summed E-state index contributed by atoms with van der Waals surface area (Å²) < 4.78 is 16.7. The highest BCUT2D eigenvalue weighted by Gasteiger charge is 2.39. The van der Waals surface area contributed by atoms with E-state index in [1.54, 1.807) is 43.4 Å². The SMILES string of the molecule is COc1ccc(NC(=O)[C@H]2CCN(c3cc4oc5ccccc5c4cc3OC)C2=O)cc1. The quantitative estimate of drug-likeness (QED) is 0.468. The first-order valence-electron chi connectivity index (χ1n) is 10.3. The van der Waals surface area contributed by atoms with Gasteiger partial charge in [0.05, 0.1) is 19.9 Å². The number of nitrogens with one attached hydrogen (secondary N) is 1. The van der Waals surface area contributed by atoms with Crippen LogP contribution in [0.25, 0.3) is 21.9 Å². The molecule has 7 heteroatoms. The highest BCUT2D eigenvalue weighted by Crippen LogP contribution is 2.40. The minimum Gasteiger partial charge on any atom is -0.497 e. The Bertz CT molecular complexity index is 1330. The molecule has 1 saturated heterocycles. The molecule has 162 valence electrons. The van der Waals surface area contributed by atoms with E-state index in [9.17, 15) is 9.59 Å². The molecule has 0 unspecified atom stereocenters. The Morgan fingerprint density at radius 2 is 1.78 bits per heavy atom. The second kappa shape index (κ2) is 7.92. The summed E-state index contributed by atoms with van der Waals surface area (Å²) in [5, 5.41) is 4.72. The zero-order valence-electron chi connectivity index (χ0n) is 17.8. The van der Waals surface area contributed by atoms with Crippen LogP contribution in [-0.2, 0) is 9.59 Å². The van der Waals surface area contributed by atoms with Gasteiger partial charge >= 0.3 is 0 Å². The number of anilines is 2. The minimum absolute atomic E-state index is 0.259. The molecule has 1 N–H and O–H groups in total. The summed E-state index contributed by atoms with van der Waals surface area (Å²) in [4.78, 5) is 27.6. The number of fused-ring (bicyclic) bond motifs is 3. The molecule has 0 spiro atoms. The molecule has 1 aromatic heterocycles. The molecule has 1 atom stereocenters. The molecular weight excluding hydrogens is 408 g/mol. The number of rotatable bonds is 5. The smallest absolute Gasteiger partial charge is 0.239 e. The molecule has 0 radical (unpaired) electrons. The monoisotopic (exact) mass is 430 g/mol. The number of hydrogen-bond donors (Lipinski definition) is 1. The number of ether oxygens (including phenoxy) is 2. The predicted molar refractivity (Wildman–Crippen MR) is 122 cm³/mol. The molecule has 0 aliphatic carbocycles. The number of methoxy groups -OCH3 is 2. The van der Waals surface area contributed by atoms with Crippen LogP contribution in [0, 0.1) is 5.92 Å². The lowest BCUT2D eigenvalue weighted by atomic mass is 10.1. The van der Waals surface area contributed by atoms with Crippen molar-refractivity contribution >= 4 is 45.1 Å². The van der Waals surface area contributed by atoms with E-state index in [2.05, 4.69) is 5.32 Å². The average molecular weight is 430 g/mol. The Morgan fingerprint density at radius 1 is 1.00 bits per heavy atom. The lowest BCUT2D eigenvalue weighted by Gasteiger charge is -2.19. The third-order valence-electron chi connectivity index (χ3n) is 5.85. The third kappa shape index (κ3) is 3.32. The number of nitrogens with zero attached hydrogens (tertiary/aromatic N) is 1. The van der Waals surface area contributed by atoms with Crippen LogP contribution in [0.1, 0.15) is 6.42 Å². The van der Waals surface area contributed by atoms with Crippen molar-refractivity contribution in [2.45, 2.75) is 6.42 Å². The maximum absolute atomic E-state index is 13.2. The van der Waals surface area contributed by atoms with Crippen LogP contribution < -0.4 is 19.7 Å². The van der Waals surface area contributed by atoms with Gasteiger partial charge in [-0.15, -0.1) is 0 Å². The fraction of sp³-hybridized carbons (Fsp3) is 0.200. The highest BCUT2D eigenvalue weighted by molar-refractivity contribution is 6.15. The largest absolute Gasteiger partial charge is 0.497 e. The first-order chi connectivity index (χ1) is 15.6. The van der Waals surface area contributed by atoms with E-state index in [1.807, 2.05) is 36.4 Å². The van der Waals surface area contributed by atoms with Crippen molar-refractivity contribution in [3.8, 4) is 11.5 Å². The Morgan fingerprint density at radius 3 is 2.53 bits per heavy atom. The van der Waals surface area contributed by atoms with E-state index in [4.69, 9.17) is 13.9 Å². The van der Waals surface area contributed by atoms with Gasteiger partial charge in [0.15, 0.2) is 0 Å². The van der Waals surface area contributed by atoms with Gasteiger partial charge in [-0.25, -0.2) is 0 Å². The normalized spacial score (nSPS) is 16.0. The van der Waals surface area contributed by atoms with E-state index >= 15 is 0 Å². The summed E-state index contributed by atoms with van der Waals surface area (Å²) in [5.74, 6) is -0.0998. The second-order valence-corrected chi connectivity index (χ2v) is 7.67. The number of carbonyl (C=O) groups is 2. The first-order valence-corrected chi connectivity index (χ1v) is 10.3. The average Bonchev–Trinajstić information content (AvgIpc) is 3.38. The van der Waals surface area contributed by atoms with Gasteiger partial charge in [-0.2, -0.15) is 0 Å². The number of carbonyl (C=O) groups excluding carboxylic acids is 2. The Hall–Kier alpha value is -4.00. The standard InChI is InChI=1S/C25H22N2O5/c1-30-16-9-7-15(8-10-16)26-24(28)18-11-12-27(25(18)29)20-14-22-19(13-23(20)31-2)17-5-3-4-6-21(17)32-22/h3-10,13-14,18H,11-12H2,1-2H3,(H,26,28)/t18-/m1/s1. The van der Waals surface area contributed by atoms with Gasteiger partial charge in [0.2, 0.25) is 11.8 Å². The molecule has 4 aromatic rings. The van der Waals surface area contributed by atoms with E-state index in [-0.39, 0.29) is 11.8 Å². The molecule has 32 heavy (non-hydrogen) atoms. The van der Waals surface area contributed by atoms with Crippen LogP contribution >= 0.6 is 0 Å². The number of amides is 2. The summed E-state index contributed by atoms with van der Waals surface area (Å²) in [5.41, 5.74) is 2.65. The molecular formula is C25H22N2O5. The van der Waals surface area contributed by atoms with Crippen molar-refractivity contribution in [1.29, 1.82) is 0 Å². The molecule has 1 aliphatic heterocycles. The maximum atomic E-state index is 13.2. The van der Waals surface area contributed by atoms with Gasteiger partial charge in [0, 0.05) is 29.1 Å². The van der Waals surface area contributed by atoms with Crippen molar-refractivity contribution in [2.75, 3.05) is 31.0 Å². The fourth-order valence-corrected chi connectivity index (χ4v) is 4.18. The van der Waals surface area contributed by atoms with Gasteiger partial charge in [-0.3, -0.25) is 9.59 Å². The van der Waals surface area contributed by atoms with Crippen molar-refractivity contribution in [3.63, 3.8) is 0 Å². The molecule has 0 saturated carbocycles. The fourth-order valence-electron chi connectivity index (χ4n) is 4.18. The van der Waals surface area contributed by atoms with E-state index < -0.39 is 5.92 Å². The lowest BCUT2D eigenvalue weighted by molar-refractivity contribution is -0.129. The van der Waals surface area contributed by atoms with Gasteiger partial charge < -0.3 is 24.1 Å². The Kier molecular flexibility index (Phi) is 4.93. The summed E-state index contributed by atoms with van der Waals surface area (Å²) in [6, 6.07) is 18.5. The number of benzene rings is 3. The molecule has 1 aliphatic rings. The van der Waals surface area contributed by atoms with Gasteiger partial charge in [0.1, 0.15) is 28.6 Å². The summed E-state index contributed by atoms with van der Waals surface area (Å²) in [7, 11) is 3.15. The van der Waals surface area contributed by atoms with Crippen LogP contribution in [0.5, 0.6) is 11.5 Å². The van der Waals surface area contributed by atoms with Crippen molar-refractivity contribution in [2.24, 2.45) is 5.92 Å². The number of para-hydroxylation sites is 1. The van der Waals surface area contributed by atoms with Crippen LogP contribution in [0.2, 0.25) is 0 Å². The zero-order chi connectivity index (χ0) is 22.2. The van der Waals surface area contributed by atoms with Crippen molar-refractivity contribution in [3.05, 3.63) is 60.7 Å². The Labute approximate surface area is 184 Å². The van der Waals surface area contributed by atoms with E-state index in [1.165, 1.54) is 0 Å². The first kappa shape index (κ1) is 19.9. The molecule has 7 nitrogen and oxygen atoms in total. The molecule has 2 amide bonds. The molecule has 5 rings (SSSR count). The molecule has 2 heterocycles. The summed E-state index contributed by atoms with van der Waals surface area (Å²) in [6.45, 7) is 0.418. The lowest BCUT2D eigenvalue weighted by Crippen LogP contribution is -2.33. The number of hydrogen-bond acceptors (Lipinski definition) is 5. The van der Waals surface area contributed by atoms with E-state index in [0.717, 1.165) is 16.4 Å². The predicted octanol–water partition coefficient (Wildman–Crippen LogP) is 4.59. The topological polar surface area (TPSA) is 81.0 Å². The van der Waals surface area contributed by atoms with E-state index in [0.29, 0.717) is 41.4 Å². The van der Waals surface area contributed by atoms with Crippen molar-refractivity contribution < 1.29 is 23.5 Å². The van der Waals surface area contributed by atoms with Gasteiger partial charge in [-0.05, 0) is 42.8 Å². The molecule has 3 aromatic carbocycles. The van der Waals surface area contributed by atoms with Crippen molar-refractivity contribution in [1.82, 2.24) is 0 Å². The molecule has 1 fully saturated rings. The maximum Gasteiger partial charge on any atom is 0.239 e. The zero-order valence-corrected chi connectivity index (χ0v) is 17.8. The van der Waals surface area contributed by atoms with Crippen LogP contribution in [-0.4, -0.2) is 32.6 Å². The second-order valence-electron chi connectivity index (χ2n) is 7.67.